The van der Waals surface area contributed by atoms with Crippen LogP contribution in [0.1, 0.15) is 55.5 Å². The zero-order valence-electron chi connectivity index (χ0n) is 17.1. The summed E-state index contributed by atoms with van der Waals surface area (Å²) in [4.78, 5) is 27.4. The summed E-state index contributed by atoms with van der Waals surface area (Å²) in [6.45, 7) is 2.17. The monoisotopic (exact) mass is 434 g/mol. The van der Waals surface area contributed by atoms with Gasteiger partial charge in [-0.3, -0.25) is 9.59 Å². The van der Waals surface area contributed by atoms with Crippen molar-refractivity contribution in [2.24, 2.45) is 0 Å². The Bertz CT molecular complexity index is 1270. The van der Waals surface area contributed by atoms with Crippen LogP contribution in [0.15, 0.2) is 51.5 Å². The molecule has 0 aliphatic heterocycles. The molecule has 31 heavy (non-hydrogen) atoms. The Morgan fingerprint density at radius 1 is 1.06 bits per heavy atom. The van der Waals surface area contributed by atoms with Gasteiger partial charge >= 0.3 is 0 Å². The van der Waals surface area contributed by atoms with Crippen molar-refractivity contribution in [1.82, 2.24) is 5.32 Å². The second-order valence-corrected chi connectivity index (χ2v) is 8.79. The van der Waals surface area contributed by atoms with Gasteiger partial charge in [0, 0.05) is 15.8 Å². The second-order valence-electron chi connectivity index (χ2n) is 7.68. The summed E-state index contributed by atoms with van der Waals surface area (Å²) in [7, 11) is 0. The lowest BCUT2D eigenvalue weighted by molar-refractivity contribution is 0.0948. The Morgan fingerprint density at radius 2 is 1.90 bits per heavy atom. The Balaban J connectivity index is 1.45. The van der Waals surface area contributed by atoms with E-state index in [0.717, 1.165) is 42.2 Å². The van der Waals surface area contributed by atoms with Crippen molar-refractivity contribution in [3.05, 3.63) is 75.7 Å². The third-order valence-electron chi connectivity index (χ3n) is 5.68. The van der Waals surface area contributed by atoms with Crippen LogP contribution in [0.3, 0.4) is 0 Å². The zero-order chi connectivity index (χ0) is 21.4. The van der Waals surface area contributed by atoms with Crippen molar-refractivity contribution in [2.75, 3.05) is 5.32 Å². The molecule has 3 heterocycles. The average Bonchev–Trinajstić information content (AvgIpc) is 3.50. The molecule has 2 amide bonds. The number of aryl methyl sites for hydroxylation is 2. The molecule has 5 rings (SSSR count). The fourth-order valence-corrected chi connectivity index (χ4v) is 5.40. The molecule has 0 radical (unpaired) electrons. The fourth-order valence-electron chi connectivity index (χ4n) is 4.11. The molecule has 0 saturated heterocycles. The van der Waals surface area contributed by atoms with Crippen LogP contribution in [-0.2, 0) is 19.4 Å². The summed E-state index contributed by atoms with van der Waals surface area (Å²) in [5.74, 6) is 0.412. The van der Waals surface area contributed by atoms with E-state index in [0.29, 0.717) is 28.5 Å². The number of nitrogens with one attached hydrogen (secondary N) is 2. The maximum absolute atomic E-state index is 13.1. The van der Waals surface area contributed by atoms with Crippen molar-refractivity contribution in [3.8, 4) is 0 Å². The number of thiophene rings is 1. The van der Waals surface area contributed by atoms with Crippen LogP contribution in [0.25, 0.3) is 11.0 Å². The molecule has 1 aromatic carbocycles. The second kappa shape index (κ2) is 8.07. The maximum Gasteiger partial charge on any atom is 0.292 e. The van der Waals surface area contributed by atoms with E-state index < -0.39 is 0 Å². The summed E-state index contributed by atoms with van der Waals surface area (Å²) < 4.78 is 11.1. The summed E-state index contributed by atoms with van der Waals surface area (Å²) in [5.41, 5.74) is 3.07. The zero-order valence-corrected chi connectivity index (χ0v) is 17.9. The SMILES string of the molecule is Cc1c(C(=O)Nc2sc3c(c2C(=O)NCc2ccco2)CCCC3)oc2ccccc12. The summed E-state index contributed by atoms with van der Waals surface area (Å²) in [6.07, 6.45) is 5.48. The molecule has 0 unspecified atom stereocenters. The van der Waals surface area contributed by atoms with Gasteiger partial charge in [-0.1, -0.05) is 18.2 Å². The molecule has 6 nitrogen and oxygen atoms in total. The predicted octanol–water partition coefficient (Wildman–Crippen LogP) is 5.46. The van der Waals surface area contributed by atoms with E-state index in [1.54, 1.807) is 12.3 Å². The molecule has 0 fully saturated rings. The van der Waals surface area contributed by atoms with E-state index in [9.17, 15) is 9.59 Å². The first-order valence-electron chi connectivity index (χ1n) is 10.4. The van der Waals surface area contributed by atoms with Gasteiger partial charge in [-0.15, -0.1) is 11.3 Å². The normalized spacial score (nSPS) is 13.2. The standard InChI is InChI=1S/C24H22N2O4S/c1-14-16-8-2-4-10-18(16)30-21(14)23(28)26-24-20(17-9-3-5-11-19(17)31-24)22(27)25-13-15-7-6-12-29-15/h2,4,6-8,10,12H,3,5,9,11,13H2,1H3,(H,25,27)(H,26,28). The van der Waals surface area contributed by atoms with E-state index in [2.05, 4.69) is 10.6 Å². The van der Waals surface area contributed by atoms with Gasteiger partial charge in [0.2, 0.25) is 0 Å². The van der Waals surface area contributed by atoms with Gasteiger partial charge in [0.25, 0.3) is 11.8 Å². The predicted molar refractivity (Wildman–Crippen MR) is 120 cm³/mol. The minimum Gasteiger partial charge on any atom is -0.467 e. The van der Waals surface area contributed by atoms with E-state index >= 15 is 0 Å². The number of carbonyl (C=O) groups is 2. The lowest BCUT2D eigenvalue weighted by Crippen LogP contribution is -2.25. The van der Waals surface area contributed by atoms with Crippen molar-refractivity contribution in [3.63, 3.8) is 0 Å². The third-order valence-corrected chi connectivity index (χ3v) is 6.89. The van der Waals surface area contributed by atoms with Crippen molar-refractivity contribution in [1.29, 1.82) is 0 Å². The van der Waals surface area contributed by atoms with Crippen LogP contribution in [-0.4, -0.2) is 11.8 Å². The van der Waals surface area contributed by atoms with Crippen LogP contribution >= 0.6 is 11.3 Å². The average molecular weight is 435 g/mol. The summed E-state index contributed by atoms with van der Waals surface area (Å²) in [5, 5.41) is 7.37. The molecule has 1 aliphatic carbocycles. The Kier molecular flexibility index (Phi) is 5.11. The highest BCUT2D eigenvalue weighted by atomic mass is 32.1. The van der Waals surface area contributed by atoms with Crippen molar-refractivity contribution >= 4 is 39.1 Å². The van der Waals surface area contributed by atoms with Crippen molar-refractivity contribution in [2.45, 2.75) is 39.2 Å². The van der Waals surface area contributed by atoms with E-state index in [1.165, 1.54) is 16.2 Å². The number of hydrogen-bond donors (Lipinski definition) is 2. The Morgan fingerprint density at radius 3 is 2.71 bits per heavy atom. The van der Waals surface area contributed by atoms with Gasteiger partial charge in [0.1, 0.15) is 16.3 Å². The van der Waals surface area contributed by atoms with Gasteiger partial charge in [-0.25, -0.2) is 0 Å². The van der Waals surface area contributed by atoms with Gasteiger partial charge in [-0.2, -0.15) is 0 Å². The lowest BCUT2D eigenvalue weighted by atomic mass is 9.95. The number of hydrogen-bond acceptors (Lipinski definition) is 5. The van der Waals surface area contributed by atoms with Gasteiger partial charge < -0.3 is 19.5 Å². The minimum absolute atomic E-state index is 0.201. The molecular weight excluding hydrogens is 412 g/mol. The summed E-state index contributed by atoms with van der Waals surface area (Å²) >= 11 is 1.49. The molecule has 158 valence electrons. The number of furan rings is 2. The highest BCUT2D eigenvalue weighted by Crippen LogP contribution is 2.38. The highest BCUT2D eigenvalue weighted by molar-refractivity contribution is 7.17. The molecule has 7 heteroatoms. The van der Waals surface area contributed by atoms with Crippen LogP contribution in [0.2, 0.25) is 0 Å². The quantitative estimate of drug-likeness (QED) is 0.437. The molecular formula is C24H22N2O4S. The van der Waals surface area contributed by atoms with Crippen LogP contribution in [0, 0.1) is 6.92 Å². The number of carbonyl (C=O) groups excluding carboxylic acids is 2. The van der Waals surface area contributed by atoms with E-state index in [-0.39, 0.29) is 17.6 Å². The van der Waals surface area contributed by atoms with Crippen molar-refractivity contribution < 1.29 is 18.4 Å². The number of anilines is 1. The highest BCUT2D eigenvalue weighted by Gasteiger charge is 2.28. The van der Waals surface area contributed by atoms with E-state index in [4.69, 9.17) is 8.83 Å². The number of rotatable bonds is 5. The molecule has 0 saturated carbocycles. The van der Waals surface area contributed by atoms with Gasteiger partial charge in [0.05, 0.1) is 18.4 Å². The molecule has 4 aromatic rings. The van der Waals surface area contributed by atoms with Crippen LogP contribution < -0.4 is 10.6 Å². The topological polar surface area (TPSA) is 84.5 Å². The number of benzene rings is 1. The van der Waals surface area contributed by atoms with Crippen LogP contribution in [0.4, 0.5) is 5.00 Å². The van der Waals surface area contributed by atoms with Gasteiger partial charge in [-0.05, 0) is 56.4 Å². The number of fused-ring (bicyclic) bond motifs is 2. The molecule has 0 bridgehead atoms. The third kappa shape index (κ3) is 3.65. The first kappa shape index (κ1) is 19.6. The van der Waals surface area contributed by atoms with E-state index in [1.807, 2.05) is 37.3 Å². The molecule has 1 aliphatic rings. The Labute approximate surface area is 183 Å². The molecule has 3 aromatic heterocycles. The number of amides is 2. The smallest absolute Gasteiger partial charge is 0.292 e. The lowest BCUT2D eigenvalue weighted by Gasteiger charge is -2.13. The molecule has 0 spiro atoms. The summed E-state index contributed by atoms with van der Waals surface area (Å²) in [6, 6.07) is 11.2. The number of para-hydroxylation sites is 1. The largest absolute Gasteiger partial charge is 0.467 e. The van der Waals surface area contributed by atoms with Crippen LogP contribution in [0.5, 0.6) is 0 Å². The Hall–Kier alpha value is -3.32. The molecule has 2 N–H and O–H groups in total. The first-order chi connectivity index (χ1) is 15.1. The first-order valence-corrected chi connectivity index (χ1v) is 11.2. The molecule has 0 atom stereocenters. The van der Waals surface area contributed by atoms with Gasteiger partial charge in [0.15, 0.2) is 5.76 Å². The minimum atomic E-state index is -0.340. The maximum atomic E-state index is 13.1. The fraction of sp³-hybridized carbons (Fsp3) is 0.250.